The molecule has 0 aromatic heterocycles. The number of phenols is 1. The van der Waals surface area contributed by atoms with Gasteiger partial charge in [-0.05, 0) is 12.1 Å². The molecule has 0 radical (unpaired) electrons. The van der Waals surface area contributed by atoms with Crippen LogP contribution >= 0.6 is 0 Å². The average Bonchev–Trinajstić information content (AvgIpc) is 2.70. The number of aromatic hydroxyl groups is 1. The summed E-state index contributed by atoms with van der Waals surface area (Å²) in [6, 6.07) is 6.27. The number of benzene rings is 1. The predicted molar refractivity (Wildman–Crippen MR) is 51.3 cm³/mol. The van der Waals surface area contributed by atoms with Gasteiger partial charge in [0.25, 0.3) is 0 Å². The zero-order chi connectivity index (χ0) is 7.90. The molecule has 2 N–H and O–H groups in total. The first kappa shape index (κ1) is 14.4. The summed E-state index contributed by atoms with van der Waals surface area (Å²) >= 11 is 0. The standard InChI is InChI=1S/C7H6O4.2Ca.4H/c8-6-4-2-1-3-5(6)7(9)10-11-7;;;;;;/h1-4,8-9H;;;;;;. The van der Waals surface area contributed by atoms with Gasteiger partial charge in [0, 0.05) is 0 Å². The van der Waals surface area contributed by atoms with Crippen LogP contribution in [0.4, 0.5) is 0 Å². The van der Waals surface area contributed by atoms with Crippen LogP contribution in [0.15, 0.2) is 24.3 Å². The van der Waals surface area contributed by atoms with Crippen molar-refractivity contribution in [2.45, 2.75) is 5.97 Å². The van der Waals surface area contributed by atoms with Crippen LogP contribution in [-0.2, 0) is 15.7 Å². The first-order valence-corrected chi connectivity index (χ1v) is 3.10. The van der Waals surface area contributed by atoms with Gasteiger partial charge in [0.1, 0.15) is 5.75 Å². The topological polar surface area (TPSA) is 65.5 Å². The van der Waals surface area contributed by atoms with Crippen molar-refractivity contribution in [2.24, 2.45) is 0 Å². The van der Waals surface area contributed by atoms with Gasteiger partial charge in [-0.2, -0.15) is 9.78 Å². The van der Waals surface area contributed by atoms with Crippen LogP contribution in [0, 0.1) is 0 Å². The average molecular weight is 238 g/mol. The van der Waals surface area contributed by atoms with Crippen molar-refractivity contribution in [1.82, 2.24) is 0 Å². The molecule has 1 aliphatic rings. The molecule has 66 valence electrons. The third-order valence-electron chi connectivity index (χ3n) is 1.49. The summed E-state index contributed by atoms with van der Waals surface area (Å²) in [4.78, 5) is 8.52. The van der Waals surface area contributed by atoms with Gasteiger partial charge in [-0.25, -0.2) is 0 Å². The van der Waals surface area contributed by atoms with E-state index in [4.69, 9.17) is 5.11 Å². The van der Waals surface area contributed by atoms with Crippen molar-refractivity contribution in [2.75, 3.05) is 0 Å². The molecular weight excluding hydrogens is 228 g/mol. The van der Waals surface area contributed by atoms with E-state index in [1.807, 2.05) is 0 Å². The van der Waals surface area contributed by atoms with Gasteiger partial charge < -0.3 is 10.2 Å². The fraction of sp³-hybridized carbons (Fsp3) is 0.143. The van der Waals surface area contributed by atoms with E-state index in [2.05, 4.69) is 9.78 Å². The van der Waals surface area contributed by atoms with Crippen LogP contribution in [0.5, 0.6) is 5.75 Å². The fourth-order valence-corrected chi connectivity index (χ4v) is 0.870. The van der Waals surface area contributed by atoms with Crippen molar-refractivity contribution in [3.63, 3.8) is 0 Å². The van der Waals surface area contributed by atoms with E-state index in [-0.39, 0.29) is 86.8 Å². The Kier molecular flexibility index (Phi) is 6.09. The van der Waals surface area contributed by atoms with Crippen molar-refractivity contribution >= 4 is 75.5 Å². The Morgan fingerprint density at radius 3 is 2.08 bits per heavy atom. The quantitative estimate of drug-likeness (QED) is 0.360. The van der Waals surface area contributed by atoms with E-state index in [0.717, 1.165) is 0 Å². The van der Waals surface area contributed by atoms with Crippen molar-refractivity contribution in [3.05, 3.63) is 29.8 Å². The molecule has 1 aliphatic heterocycles. The molecule has 0 unspecified atom stereocenters. The molecule has 0 bridgehead atoms. The van der Waals surface area contributed by atoms with Crippen LogP contribution < -0.4 is 0 Å². The van der Waals surface area contributed by atoms with Gasteiger partial charge in [0.15, 0.2) is 0 Å². The Bertz CT molecular complexity index is 288. The molecule has 0 spiro atoms. The van der Waals surface area contributed by atoms with Crippen molar-refractivity contribution < 1.29 is 20.0 Å². The van der Waals surface area contributed by atoms with E-state index in [1.54, 1.807) is 12.1 Å². The maximum absolute atomic E-state index is 9.18. The van der Waals surface area contributed by atoms with E-state index in [0.29, 0.717) is 0 Å². The van der Waals surface area contributed by atoms with E-state index < -0.39 is 5.97 Å². The molecule has 4 nitrogen and oxygen atoms in total. The Balaban J connectivity index is 0.000000720. The van der Waals surface area contributed by atoms with E-state index >= 15 is 0 Å². The summed E-state index contributed by atoms with van der Waals surface area (Å²) in [6.07, 6.45) is 0. The Morgan fingerprint density at radius 2 is 1.62 bits per heavy atom. The molecule has 0 atom stereocenters. The maximum atomic E-state index is 9.18. The van der Waals surface area contributed by atoms with Gasteiger partial charge in [0.05, 0.1) is 5.56 Å². The Labute approximate surface area is 135 Å². The zero-order valence-electron chi connectivity index (χ0n) is 5.52. The molecule has 1 aromatic rings. The molecule has 13 heavy (non-hydrogen) atoms. The fourth-order valence-electron chi connectivity index (χ4n) is 0.870. The van der Waals surface area contributed by atoms with Gasteiger partial charge in [-0.15, -0.1) is 0 Å². The van der Waals surface area contributed by atoms with E-state index in [1.165, 1.54) is 12.1 Å². The molecule has 1 aromatic carbocycles. The van der Waals surface area contributed by atoms with Gasteiger partial charge >= 0.3 is 81.4 Å². The Morgan fingerprint density at radius 1 is 1.08 bits per heavy atom. The SMILES string of the molecule is Oc1ccccc1C1(O)OO1.[CaH2].[CaH2]. The molecule has 2 rings (SSSR count). The molecule has 1 saturated heterocycles. The normalized spacial score (nSPS) is 16.7. The zero-order valence-corrected chi connectivity index (χ0v) is 5.52. The molecule has 6 heteroatoms. The number of para-hydroxylation sites is 1. The van der Waals surface area contributed by atoms with Crippen LogP contribution in [0.25, 0.3) is 0 Å². The first-order chi connectivity index (χ1) is 5.22. The monoisotopic (exact) mass is 238 g/mol. The van der Waals surface area contributed by atoms with Crippen LogP contribution in [0.1, 0.15) is 5.56 Å². The predicted octanol–water partition coefficient (Wildman–Crippen LogP) is -1.38. The summed E-state index contributed by atoms with van der Waals surface area (Å²) in [5.41, 5.74) is 0.222. The van der Waals surface area contributed by atoms with Crippen LogP contribution in [-0.4, -0.2) is 85.7 Å². The second-order valence-corrected chi connectivity index (χ2v) is 2.27. The van der Waals surface area contributed by atoms with Gasteiger partial charge in [-0.1, -0.05) is 12.1 Å². The van der Waals surface area contributed by atoms with Crippen LogP contribution in [0.2, 0.25) is 0 Å². The summed E-state index contributed by atoms with van der Waals surface area (Å²) < 4.78 is 0. The summed E-state index contributed by atoms with van der Waals surface area (Å²) in [7, 11) is 0. The summed E-state index contributed by atoms with van der Waals surface area (Å²) in [5, 5.41) is 18.3. The number of hydrogen-bond donors (Lipinski definition) is 2. The van der Waals surface area contributed by atoms with Gasteiger partial charge in [-0.3, -0.25) is 0 Å². The third kappa shape index (κ3) is 3.19. The molecular formula is C7H10Ca2O4. The summed E-state index contributed by atoms with van der Waals surface area (Å²) in [6.45, 7) is 0. The Hall–Kier alpha value is 1.42. The first-order valence-electron chi connectivity index (χ1n) is 3.10. The third-order valence-corrected chi connectivity index (χ3v) is 1.49. The van der Waals surface area contributed by atoms with Crippen molar-refractivity contribution in [1.29, 1.82) is 0 Å². The minimum atomic E-state index is -1.72. The van der Waals surface area contributed by atoms with E-state index in [9.17, 15) is 5.11 Å². The number of aliphatic hydroxyl groups is 1. The summed E-state index contributed by atoms with van der Waals surface area (Å²) in [5.74, 6) is -1.77. The minimum absolute atomic E-state index is 0. The van der Waals surface area contributed by atoms with Crippen LogP contribution in [0.3, 0.4) is 0 Å². The second kappa shape index (κ2) is 5.49. The molecule has 1 heterocycles. The van der Waals surface area contributed by atoms with Gasteiger partial charge in [0.2, 0.25) is 0 Å². The molecule has 0 saturated carbocycles. The number of phenolic OH excluding ortho intramolecular Hbond substituents is 1. The second-order valence-electron chi connectivity index (χ2n) is 2.27. The number of rotatable bonds is 1. The molecule has 0 aliphatic carbocycles. The molecule has 1 fully saturated rings. The molecule has 0 amide bonds. The van der Waals surface area contributed by atoms with Crippen molar-refractivity contribution in [3.8, 4) is 5.75 Å². The number of hydrogen-bond acceptors (Lipinski definition) is 4.